The fourth-order valence-electron chi connectivity index (χ4n) is 5.40. The van der Waals surface area contributed by atoms with Gasteiger partial charge in [0, 0.05) is 58.1 Å². The number of halogens is 2. The Hall–Kier alpha value is -4.02. The van der Waals surface area contributed by atoms with Crippen LogP contribution in [0.1, 0.15) is 29.2 Å². The van der Waals surface area contributed by atoms with Crippen LogP contribution < -0.4 is 4.74 Å². The van der Waals surface area contributed by atoms with E-state index in [-0.39, 0.29) is 11.8 Å². The smallest absolute Gasteiger partial charge is 0.328 e. The highest BCUT2D eigenvalue weighted by Crippen LogP contribution is 2.38. The molecule has 2 aromatic heterocycles. The minimum absolute atomic E-state index is 0.154. The minimum atomic E-state index is -1.02. The third-order valence-corrected chi connectivity index (χ3v) is 9.64. The Labute approximate surface area is 256 Å². The van der Waals surface area contributed by atoms with Gasteiger partial charge in [0.25, 0.3) is 0 Å². The fraction of sp³-hybridized carbons (Fsp3) is 0.212. The minimum Gasteiger partial charge on any atom is -0.478 e. The third-order valence-electron chi connectivity index (χ3n) is 7.38. The molecule has 1 aliphatic heterocycles. The number of aryl methyl sites for hydroxylation is 1. The van der Waals surface area contributed by atoms with Crippen molar-refractivity contribution >= 4 is 46.5 Å². The van der Waals surface area contributed by atoms with Gasteiger partial charge in [-0.15, -0.1) is 0 Å². The molecule has 1 aliphatic rings. The predicted molar refractivity (Wildman–Crippen MR) is 170 cm³/mol. The van der Waals surface area contributed by atoms with Crippen LogP contribution in [-0.4, -0.2) is 48.9 Å². The maximum absolute atomic E-state index is 15.5. The van der Waals surface area contributed by atoms with Crippen LogP contribution in [0.25, 0.3) is 28.2 Å². The van der Waals surface area contributed by atoms with Gasteiger partial charge in [-0.3, -0.25) is 4.68 Å². The summed E-state index contributed by atoms with van der Waals surface area (Å²) >= 11 is 3.67. The highest BCUT2D eigenvalue weighted by Gasteiger charge is 2.22. The lowest BCUT2D eigenvalue weighted by atomic mass is 10.0. The second-order valence-corrected chi connectivity index (χ2v) is 12.6. The van der Waals surface area contributed by atoms with Gasteiger partial charge in [0.1, 0.15) is 11.6 Å². The van der Waals surface area contributed by atoms with Gasteiger partial charge in [-0.2, -0.15) is 28.6 Å². The molecule has 0 radical (unpaired) electrons. The summed E-state index contributed by atoms with van der Waals surface area (Å²) in [6, 6.07) is 17.0. The number of H-pyrrole nitrogens is 1. The van der Waals surface area contributed by atoms with Crippen LogP contribution in [-0.2, 0) is 11.2 Å². The van der Waals surface area contributed by atoms with Crippen molar-refractivity contribution in [3.8, 4) is 22.8 Å². The van der Waals surface area contributed by atoms with Crippen molar-refractivity contribution in [1.82, 2.24) is 14.8 Å². The van der Waals surface area contributed by atoms with Crippen LogP contribution in [0.15, 0.2) is 79.1 Å². The molecule has 2 N–H and O–H groups in total. The number of benzene rings is 3. The molecule has 0 saturated heterocycles. The molecule has 220 valence electrons. The van der Waals surface area contributed by atoms with Gasteiger partial charge in [-0.1, -0.05) is 18.2 Å². The predicted octanol–water partition coefficient (Wildman–Crippen LogP) is 8.20. The number of carboxylic acids is 1. The average molecular weight is 618 g/mol. The fourth-order valence-corrected chi connectivity index (χ4v) is 7.49. The van der Waals surface area contributed by atoms with Crippen molar-refractivity contribution in [1.29, 1.82) is 0 Å². The van der Waals surface area contributed by atoms with E-state index < -0.39 is 17.6 Å². The molecule has 6 nitrogen and oxygen atoms in total. The monoisotopic (exact) mass is 617 g/mol. The van der Waals surface area contributed by atoms with E-state index in [2.05, 4.69) is 10.1 Å². The zero-order chi connectivity index (χ0) is 29.8. The molecular formula is C33H29F2N3O3S2. The molecule has 0 fully saturated rings. The Morgan fingerprint density at radius 2 is 1.88 bits per heavy atom. The van der Waals surface area contributed by atoms with Gasteiger partial charge >= 0.3 is 5.97 Å². The molecule has 5 aromatic rings. The largest absolute Gasteiger partial charge is 0.478 e. The maximum Gasteiger partial charge on any atom is 0.328 e. The number of thioether (sulfide) groups is 2. The van der Waals surface area contributed by atoms with E-state index in [4.69, 9.17) is 9.84 Å². The first-order chi connectivity index (χ1) is 21.0. The van der Waals surface area contributed by atoms with Gasteiger partial charge in [0.05, 0.1) is 11.7 Å². The molecule has 10 heteroatoms. The highest BCUT2D eigenvalue weighted by molar-refractivity contribution is 8.02. The molecule has 0 spiro atoms. The normalized spacial score (nSPS) is 16.4. The summed E-state index contributed by atoms with van der Waals surface area (Å²) < 4.78 is 38.9. The molecule has 0 saturated carbocycles. The van der Waals surface area contributed by atoms with Crippen molar-refractivity contribution in [3.05, 3.63) is 107 Å². The number of aromatic amines is 1. The molecular weight excluding hydrogens is 589 g/mol. The molecule has 0 amide bonds. The Kier molecular flexibility index (Phi) is 8.85. The van der Waals surface area contributed by atoms with Crippen LogP contribution in [0, 0.1) is 11.6 Å². The second kappa shape index (κ2) is 13.1. The first-order valence-corrected chi connectivity index (χ1v) is 16.2. The maximum atomic E-state index is 15.5. The molecule has 3 aromatic carbocycles. The first-order valence-electron chi connectivity index (χ1n) is 13.9. The molecule has 1 unspecified atom stereocenters. The Morgan fingerprint density at radius 1 is 1.02 bits per heavy atom. The van der Waals surface area contributed by atoms with Crippen molar-refractivity contribution in [3.63, 3.8) is 0 Å². The van der Waals surface area contributed by atoms with E-state index >= 15 is 8.78 Å². The van der Waals surface area contributed by atoms with Gasteiger partial charge in [-0.25, -0.2) is 13.6 Å². The Morgan fingerprint density at radius 3 is 2.74 bits per heavy atom. The molecule has 2 bridgehead atoms. The van der Waals surface area contributed by atoms with Crippen LogP contribution in [0.5, 0.6) is 11.5 Å². The van der Waals surface area contributed by atoms with E-state index in [1.54, 1.807) is 30.6 Å². The van der Waals surface area contributed by atoms with Crippen LogP contribution in [0.2, 0.25) is 0 Å². The number of aromatic nitrogens is 3. The number of carbonyl (C=O) groups is 1. The summed E-state index contributed by atoms with van der Waals surface area (Å²) in [5.74, 6) is 2.09. The number of nitrogens with one attached hydrogen (secondary N) is 1. The number of nitrogens with zero attached hydrogens (tertiary/aromatic N) is 2. The summed E-state index contributed by atoms with van der Waals surface area (Å²) in [6.45, 7) is 0. The number of rotatable bonds is 3. The second-order valence-electron chi connectivity index (χ2n) is 10.1. The molecule has 6 rings (SSSR count). The van der Waals surface area contributed by atoms with Crippen molar-refractivity contribution in [2.45, 2.75) is 18.9 Å². The van der Waals surface area contributed by atoms with Gasteiger partial charge in [0.15, 0.2) is 11.6 Å². The van der Waals surface area contributed by atoms with Gasteiger partial charge in [0.2, 0.25) is 0 Å². The van der Waals surface area contributed by atoms with E-state index in [9.17, 15) is 4.79 Å². The van der Waals surface area contributed by atoms with Crippen LogP contribution in [0.3, 0.4) is 0 Å². The van der Waals surface area contributed by atoms with Crippen LogP contribution in [0.4, 0.5) is 8.78 Å². The summed E-state index contributed by atoms with van der Waals surface area (Å²) in [7, 11) is 0. The summed E-state index contributed by atoms with van der Waals surface area (Å²) in [5.41, 5.74) is 4.03. The number of hydrogen-bond acceptors (Lipinski definition) is 5. The van der Waals surface area contributed by atoms with E-state index in [1.807, 2.05) is 58.5 Å². The molecule has 3 heterocycles. The molecule has 1 atom stereocenters. The Bertz CT molecular complexity index is 1800. The standard InChI is InChI=1S/C33H29F2N3O3S2/c34-27-6-5-23-19-26(27)31-9-13-37-38(31)30(22-3-1-2-21(18-22)4-7-32(39)40)11-15-43-17-16-42-14-10-25-24-8-12-36-29(24)20-28(35)33(25)41-23/h1-9,12-13,18-20,30,36H,10-11,14-17H2,(H,39,40)/b7-4+. The van der Waals surface area contributed by atoms with Gasteiger partial charge < -0.3 is 14.8 Å². The summed E-state index contributed by atoms with van der Waals surface area (Å²) in [5, 5.41) is 14.6. The van der Waals surface area contributed by atoms with Crippen molar-refractivity contribution in [2.24, 2.45) is 0 Å². The zero-order valence-corrected chi connectivity index (χ0v) is 24.8. The van der Waals surface area contributed by atoms with E-state index in [0.717, 1.165) is 57.6 Å². The first kappa shape index (κ1) is 29.1. The Balaban J connectivity index is 1.44. The number of aliphatic carboxylic acids is 1. The SMILES string of the molecule is O=C(O)/C=C/c1cccc(C2CCSCCSCCc3c(c(F)cc4[nH]ccc34)Oc3ccc(F)c(c3)-c3ccnn32)c1. The number of hydrogen-bond donors (Lipinski definition) is 2. The lowest BCUT2D eigenvalue weighted by Gasteiger charge is -2.22. The number of carboxylic acid groups (broad SMARTS) is 1. The lowest BCUT2D eigenvalue weighted by Crippen LogP contribution is -2.15. The van der Waals surface area contributed by atoms with Crippen LogP contribution >= 0.6 is 23.5 Å². The quantitative estimate of drug-likeness (QED) is 0.199. The summed E-state index contributed by atoms with van der Waals surface area (Å²) in [4.78, 5) is 14.2. The zero-order valence-electron chi connectivity index (χ0n) is 23.1. The highest BCUT2D eigenvalue weighted by atomic mass is 32.2. The van der Waals surface area contributed by atoms with E-state index in [1.165, 1.54) is 18.2 Å². The van der Waals surface area contributed by atoms with Crippen molar-refractivity contribution < 1.29 is 23.4 Å². The lowest BCUT2D eigenvalue weighted by molar-refractivity contribution is -0.131. The number of fused-ring (bicyclic) bond motifs is 7. The average Bonchev–Trinajstić information content (AvgIpc) is 3.67. The third kappa shape index (κ3) is 6.50. The molecule has 43 heavy (non-hydrogen) atoms. The van der Waals surface area contributed by atoms with Crippen molar-refractivity contribution in [2.75, 3.05) is 23.0 Å². The van der Waals surface area contributed by atoms with Gasteiger partial charge in [-0.05, 0) is 77.9 Å². The number of ether oxygens (including phenoxy) is 1. The van der Waals surface area contributed by atoms with E-state index in [0.29, 0.717) is 28.9 Å². The molecule has 0 aliphatic carbocycles. The summed E-state index contributed by atoms with van der Waals surface area (Å²) in [6.07, 6.45) is 7.46. The topological polar surface area (TPSA) is 80.1 Å².